The van der Waals surface area contributed by atoms with Crippen molar-refractivity contribution in [2.75, 3.05) is 26.7 Å². The van der Waals surface area contributed by atoms with Crippen molar-refractivity contribution in [1.82, 2.24) is 4.90 Å². The molecular formula is C5H14N4. The lowest BCUT2D eigenvalue weighted by Crippen LogP contribution is -2.20. The molecular weight excluding hydrogens is 116 g/mol. The lowest BCUT2D eigenvalue weighted by Gasteiger charge is -2.09. The molecule has 0 aromatic carbocycles. The number of rotatable bonds is 4. The molecule has 0 aliphatic heterocycles. The molecule has 0 rings (SSSR count). The monoisotopic (exact) mass is 130 g/mol. The van der Waals surface area contributed by atoms with Crippen LogP contribution in [-0.4, -0.2) is 31.6 Å². The Bertz CT molecular complexity index is 81.0. The van der Waals surface area contributed by atoms with Gasteiger partial charge in [-0.25, -0.2) is 0 Å². The highest BCUT2D eigenvalue weighted by atomic mass is 15.3. The highest BCUT2D eigenvalue weighted by Gasteiger charge is 1.89. The topological polar surface area (TPSA) is 54.0 Å². The van der Waals surface area contributed by atoms with E-state index in [0.717, 1.165) is 13.1 Å². The van der Waals surface area contributed by atoms with Crippen LogP contribution in [0.5, 0.6) is 0 Å². The molecule has 0 heterocycles. The highest BCUT2D eigenvalue weighted by molar-refractivity contribution is 4.47. The summed E-state index contributed by atoms with van der Waals surface area (Å²) >= 11 is 0. The van der Waals surface area contributed by atoms with Gasteiger partial charge in [-0.3, -0.25) is 0 Å². The molecule has 0 amide bonds. The van der Waals surface area contributed by atoms with Gasteiger partial charge in [0.1, 0.15) is 0 Å². The van der Waals surface area contributed by atoms with Crippen LogP contribution in [0.4, 0.5) is 0 Å². The predicted molar refractivity (Wildman–Crippen MR) is 37.1 cm³/mol. The molecule has 0 aromatic heterocycles. The van der Waals surface area contributed by atoms with E-state index in [0.29, 0.717) is 6.54 Å². The van der Waals surface area contributed by atoms with Gasteiger partial charge in [-0.1, -0.05) is 12.1 Å². The van der Waals surface area contributed by atoms with Crippen molar-refractivity contribution in [3.05, 3.63) is 0 Å². The van der Waals surface area contributed by atoms with Gasteiger partial charge in [0, 0.05) is 6.54 Å². The Labute approximate surface area is 55.7 Å². The third kappa shape index (κ3) is 5.23. The van der Waals surface area contributed by atoms with E-state index in [9.17, 15) is 0 Å². The molecule has 2 N–H and O–H groups in total. The molecule has 54 valence electrons. The zero-order valence-corrected chi connectivity index (χ0v) is 6.04. The third-order valence-electron chi connectivity index (χ3n) is 1.20. The summed E-state index contributed by atoms with van der Waals surface area (Å²) in [4.78, 5) is 2.15. The van der Waals surface area contributed by atoms with Crippen LogP contribution in [0.25, 0.3) is 0 Å². The molecule has 4 nitrogen and oxygen atoms in total. The van der Waals surface area contributed by atoms with E-state index in [1.165, 1.54) is 0 Å². The first kappa shape index (κ1) is 8.36. The number of nitrogens with zero attached hydrogens (tertiary/aromatic N) is 3. The smallest absolute Gasteiger partial charge is 0.0747 e. The average molecular weight is 130 g/mol. The lowest BCUT2D eigenvalue weighted by molar-refractivity contribution is 0.361. The van der Waals surface area contributed by atoms with Gasteiger partial charge in [0.05, 0.1) is 6.54 Å². The minimum Gasteiger partial charge on any atom is -0.305 e. The van der Waals surface area contributed by atoms with Crippen molar-refractivity contribution in [3.8, 4) is 0 Å². The Morgan fingerprint density at radius 2 is 2.22 bits per heavy atom. The number of hydrogen-bond donors (Lipinski definition) is 1. The van der Waals surface area contributed by atoms with Gasteiger partial charge < -0.3 is 10.7 Å². The van der Waals surface area contributed by atoms with Crippen LogP contribution in [0.3, 0.4) is 0 Å². The first-order chi connectivity index (χ1) is 4.31. The molecule has 4 heteroatoms. The summed E-state index contributed by atoms with van der Waals surface area (Å²) in [6.45, 7) is 4.76. The SMILES string of the molecule is CCN(C)CCN=NN. The molecule has 0 saturated carbocycles. The van der Waals surface area contributed by atoms with E-state index in [2.05, 4.69) is 22.2 Å². The summed E-state index contributed by atoms with van der Waals surface area (Å²) in [6.07, 6.45) is 0. The van der Waals surface area contributed by atoms with Crippen LogP contribution in [-0.2, 0) is 0 Å². The van der Waals surface area contributed by atoms with E-state index < -0.39 is 0 Å². The Balaban J connectivity index is 3.06. The molecule has 0 spiro atoms. The van der Waals surface area contributed by atoms with Crippen molar-refractivity contribution in [1.29, 1.82) is 0 Å². The molecule has 9 heavy (non-hydrogen) atoms. The van der Waals surface area contributed by atoms with Crippen LogP contribution in [0.2, 0.25) is 0 Å². The third-order valence-corrected chi connectivity index (χ3v) is 1.20. The highest BCUT2D eigenvalue weighted by Crippen LogP contribution is 1.79. The van der Waals surface area contributed by atoms with Crippen molar-refractivity contribution >= 4 is 0 Å². The fourth-order valence-electron chi connectivity index (χ4n) is 0.431. The van der Waals surface area contributed by atoms with Crippen LogP contribution < -0.4 is 5.84 Å². The predicted octanol–water partition coefficient (Wildman–Crippen LogP) is 0.264. The van der Waals surface area contributed by atoms with Crippen LogP contribution in [0.1, 0.15) is 6.92 Å². The zero-order valence-electron chi connectivity index (χ0n) is 6.04. The molecule has 0 atom stereocenters. The maximum atomic E-state index is 4.80. The van der Waals surface area contributed by atoms with Crippen molar-refractivity contribution in [2.24, 2.45) is 16.2 Å². The Morgan fingerprint density at radius 3 is 2.67 bits per heavy atom. The lowest BCUT2D eigenvalue weighted by atomic mass is 10.5. The minimum absolute atomic E-state index is 0.695. The summed E-state index contributed by atoms with van der Waals surface area (Å²) in [5.41, 5.74) is 0. The Morgan fingerprint density at radius 1 is 1.56 bits per heavy atom. The van der Waals surface area contributed by atoms with Gasteiger partial charge in [0.25, 0.3) is 0 Å². The van der Waals surface area contributed by atoms with Crippen LogP contribution in [0, 0.1) is 0 Å². The van der Waals surface area contributed by atoms with Gasteiger partial charge in [0.2, 0.25) is 0 Å². The first-order valence-electron chi connectivity index (χ1n) is 3.06. The minimum atomic E-state index is 0.695. The van der Waals surface area contributed by atoms with Gasteiger partial charge in [-0.05, 0) is 13.6 Å². The molecule has 0 bridgehead atoms. The fourth-order valence-corrected chi connectivity index (χ4v) is 0.431. The van der Waals surface area contributed by atoms with Gasteiger partial charge in [0.15, 0.2) is 0 Å². The normalized spacial score (nSPS) is 11.4. The second-order valence-corrected chi connectivity index (χ2v) is 1.88. The van der Waals surface area contributed by atoms with E-state index in [1.54, 1.807) is 0 Å². The summed E-state index contributed by atoms with van der Waals surface area (Å²) in [5.74, 6) is 4.80. The number of hydrogen-bond acceptors (Lipinski definition) is 3. The molecule has 0 aliphatic carbocycles. The standard InChI is InChI=1S/C5H14N4/c1-3-9(2)5-4-7-8-6/h3-5H2,1-2H3,(H2,6,7). The largest absolute Gasteiger partial charge is 0.305 e. The van der Waals surface area contributed by atoms with E-state index in [-0.39, 0.29) is 0 Å². The molecule has 0 fully saturated rings. The summed E-state index contributed by atoms with van der Waals surface area (Å²) < 4.78 is 0. The summed E-state index contributed by atoms with van der Waals surface area (Å²) in [5, 5.41) is 6.76. The first-order valence-corrected chi connectivity index (χ1v) is 3.06. The molecule has 0 unspecified atom stereocenters. The number of nitrogens with two attached hydrogens (primary N) is 1. The summed E-state index contributed by atoms with van der Waals surface area (Å²) in [6, 6.07) is 0. The molecule has 0 radical (unpaired) electrons. The van der Waals surface area contributed by atoms with Gasteiger partial charge in [-0.2, -0.15) is 5.11 Å². The zero-order chi connectivity index (χ0) is 7.11. The van der Waals surface area contributed by atoms with Crippen molar-refractivity contribution in [2.45, 2.75) is 6.92 Å². The van der Waals surface area contributed by atoms with Crippen LogP contribution >= 0.6 is 0 Å². The molecule has 0 saturated heterocycles. The van der Waals surface area contributed by atoms with E-state index in [1.807, 2.05) is 7.05 Å². The van der Waals surface area contributed by atoms with Crippen LogP contribution in [0.15, 0.2) is 10.3 Å². The molecule has 0 aromatic rings. The maximum Gasteiger partial charge on any atom is 0.0747 e. The quantitative estimate of drug-likeness (QED) is 0.337. The Kier molecular flexibility index (Phi) is 5.11. The Hall–Kier alpha value is -0.640. The van der Waals surface area contributed by atoms with Crippen molar-refractivity contribution < 1.29 is 0 Å². The summed E-state index contributed by atoms with van der Waals surface area (Å²) in [7, 11) is 2.03. The van der Waals surface area contributed by atoms with E-state index in [4.69, 9.17) is 5.84 Å². The second-order valence-electron chi connectivity index (χ2n) is 1.88. The number of likely N-dealkylation sites (N-methyl/N-ethyl adjacent to an activating group) is 1. The fraction of sp³-hybridized carbons (Fsp3) is 1.00. The van der Waals surface area contributed by atoms with Crippen molar-refractivity contribution in [3.63, 3.8) is 0 Å². The maximum absolute atomic E-state index is 4.80. The molecule has 0 aliphatic rings. The average Bonchev–Trinajstić information content (AvgIpc) is 1.89. The van der Waals surface area contributed by atoms with E-state index >= 15 is 0 Å². The second kappa shape index (κ2) is 5.50. The van der Waals surface area contributed by atoms with Gasteiger partial charge >= 0.3 is 0 Å². The van der Waals surface area contributed by atoms with Gasteiger partial charge in [-0.15, -0.1) is 0 Å².